The molecule has 74 valence electrons. The monoisotopic (exact) mass is 184 g/mol. The van der Waals surface area contributed by atoms with Crippen LogP contribution >= 0.6 is 0 Å². The van der Waals surface area contributed by atoms with Crippen molar-refractivity contribution in [3.63, 3.8) is 0 Å². The number of oxazole rings is 1. The Hall–Kier alpha value is -0.870. The van der Waals surface area contributed by atoms with Crippen molar-refractivity contribution in [2.24, 2.45) is 0 Å². The second-order valence-corrected chi connectivity index (χ2v) is 3.25. The Morgan fingerprint density at radius 1 is 1.46 bits per heavy atom. The van der Waals surface area contributed by atoms with E-state index in [9.17, 15) is 0 Å². The summed E-state index contributed by atoms with van der Waals surface area (Å²) in [6, 6.07) is 0. The Morgan fingerprint density at radius 3 is 2.85 bits per heavy atom. The van der Waals surface area contributed by atoms with Gasteiger partial charge in [0.05, 0.1) is 12.8 Å². The zero-order valence-electron chi connectivity index (χ0n) is 8.16. The van der Waals surface area contributed by atoms with Gasteiger partial charge in [-0.2, -0.15) is 0 Å². The summed E-state index contributed by atoms with van der Waals surface area (Å²) in [5, 5.41) is 8.65. The molecule has 0 amide bonds. The van der Waals surface area contributed by atoms with Crippen LogP contribution in [0.3, 0.4) is 0 Å². The van der Waals surface area contributed by atoms with Crippen molar-refractivity contribution in [1.29, 1.82) is 0 Å². The van der Waals surface area contributed by atoms with Crippen molar-refractivity contribution in [3.05, 3.63) is 17.8 Å². The molecule has 0 atom stereocenters. The lowest BCUT2D eigenvalue weighted by Gasteiger charge is -2.05. The topological polar surface area (TPSA) is 49.5 Å². The van der Waals surface area contributed by atoms with Gasteiger partial charge in [-0.1, -0.05) is 0 Å². The molecule has 0 saturated heterocycles. The quantitative estimate of drug-likeness (QED) is 0.715. The first-order chi connectivity index (χ1) is 6.22. The molecule has 13 heavy (non-hydrogen) atoms. The van der Waals surface area contributed by atoms with Gasteiger partial charge in [0.1, 0.15) is 5.76 Å². The van der Waals surface area contributed by atoms with Crippen LogP contribution < -0.4 is 0 Å². The first-order valence-corrected chi connectivity index (χ1v) is 4.41. The average molecular weight is 184 g/mol. The second-order valence-electron chi connectivity index (χ2n) is 3.25. The number of hydrogen-bond donors (Lipinski definition) is 1. The van der Waals surface area contributed by atoms with E-state index in [1.54, 1.807) is 6.20 Å². The fourth-order valence-corrected chi connectivity index (χ4v) is 1.01. The van der Waals surface area contributed by atoms with E-state index in [2.05, 4.69) is 9.88 Å². The number of hydrogen-bond acceptors (Lipinski definition) is 4. The molecule has 0 aliphatic carbocycles. The maximum absolute atomic E-state index is 8.65. The minimum absolute atomic E-state index is 0.113. The van der Waals surface area contributed by atoms with Gasteiger partial charge in [0.25, 0.3) is 0 Å². The van der Waals surface area contributed by atoms with Gasteiger partial charge in [-0.25, -0.2) is 4.98 Å². The molecular weight excluding hydrogens is 168 g/mol. The predicted molar refractivity (Wildman–Crippen MR) is 49.6 cm³/mol. The van der Waals surface area contributed by atoms with Crippen LogP contribution in [0.4, 0.5) is 0 Å². The molecule has 1 aromatic rings. The van der Waals surface area contributed by atoms with Gasteiger partial charge in [0, 0.05) is 19.4 Å². The third kappa shape index (κ3) is 3.57. The van der Waals surface area contributed by atoms with Gasteiger partial charge in [0.15, 0.2) is 5.89 Å². The van der Waals surface area contributed by atoms with Crippen LogP contribution in [0.5, 0.6) is 0 Å². The second kappa shape index (κ2) is 4.99. The van der Waals surface area contributed by atoms with Crippen molar-refractivity contribution >= 4 is 0 Å². The summed E-state index contributed by atoms with van der Waals surface area (Å²) in [6.07, 6.45) is 3.05. The molecule has 4 nitrogen and oxygen atoms in total. The maximum atomic E-state index is 8.65. The van der Waals surface area contributed by atoms with Crippen molar-refractivity contribution in [2.75, 3.05) is 27.2 Å². The zero-order valence-corrected chi connectivity index (χ0v) is 8.16. The molecule has 0 radical (unpaired) electrons. The third-order valence-corrected chi connectivity index (χ3v) is 1.73. The summed E-state index contributed by atoms with van der Waals surface area (Å²) < 4.78 is 5.38. The Kier molecular flexibility index (Phi) is 3.92. The summed E-state index contributed by atoms with van der Waals surface area (Å²) in [5.41, 5.74) is 0. The van der Waals surface area contributed by atoms with E-state index in [1.165, 1.54) is 0 Å². The van der Waals surface area contributed by atoms with Gasteiger partial charge >= 0.3 is 0 Å². The minimum atomic E-state index is 0.113. The van der Waals surface area contributed by atoms with Gasteiger partial charge < -0.3 is 14.4 Å². The number of aliphatic hydroxyl groups is 1. The minimum Gasteiger partial charge on any atom is -0.446 e. The number of likely N-dealkylation sites (N-methyl/N-ethyl adjacent to an activating group) is 1. The number of aliphatic hydroxyl groups excluding tert-OH is 1. The smallest absolute Gasteiger partial charge is 0.195 e. The van der Waals surface area contributed by atoms with Gasteiger partial charge in [0.2, 0.25) is 0 Å². The van der Waals surface area contributed by atoms with Crippen LogP contribution in [-0.2, 0) is 12.8 Å². The van der Waals surface area contributed by atoms with E-state index in [0.29, 0.717) is 6.42 Å². The van der Waals surface area contributed by atoms with Crippen LogP contribution in [0, 0.1) is 0 Å². The molecule has 1 aromatic heterocycles. The summed E-state index contributed by atoms with van der Waals surface area (Å²) in [5.74, 6) is 1.51. The molecule has 0 aromatic carbocycles. The van der Waals surface area contributed by atoms with E-state index in [-0.39, 0.29) is 6.61 Å². The fourth-order valence-electron chi connectivity index (χ4n) is 1.01. The molecule has 0 fully saturated rings. The van der Waals surface area contributed by atoms with E-state index in [4.69, 9.17) is 9.52 Å². The lowest BCUT2D eigenvalue weighted by Crippen LogP contribution is -2.15. The standard InChI is InChI=1S/C9H16N2O2/c1-11(2)5-3-9-10-7-8(13-9)4-6-12/h7,12H,3-6H2,1-2H3. The molecule has 1 heterocycles. The first kappa shape index (κ1) is 10.2. The predicted octanol–water partition coefficient (Wildman–Crippen LogP) is 0.313. The summed E-state index contributed by atoms with van der Waals surface area (Å²) >= 11 is 0. The Morgan fingerprint density at radius 2 is 2.23 bits per heavy atom. The fraction of sp³-hybridized carbons (Fsp3) is 0.667. The molecule has 0 spiro atoms. The van der Waals surface area contributed by atoms with Crippen LogP contribution in [-0.4, -0.2) is 42.2 Å². The third-order valence-electron chi connectivity index (χ3n) is 1.73. The molecule has 0 saturated carbocycles. The molecule has 0 aliphatic rings. The molecule has 0 aliphatic heterocycles. The van der Waals surface area contributed by atoms with Crippen molar-refractivity contribution in [2.45, 2.75) is 12.8 Å². The summed E-state index contributed by atoms with van der Waals surface area (Å²) in [6.45, 7) is 1.04. The number of rotatable bonds is 5. The highest BCUT2D eigenvalue weighted by atomic mass is 16.4. The highest BCUT2D eigenvalue weighted by Gasteiger charge is 2.03. The van der Waals surface area contributed by atoms with Crippen molar-refractivity contribution in [3.8, 4) is 0 Å². The SMILES string of the molecule is CN(C)CCc1ncc(CCO)o1. The van der Waals surface area contributed by atoms with Crippen LogP contribution in [0.1, 0.15) is 11.7 Å². The van der Waals surface area contributed by atoms with E-state index < -0.39 is 0 Å². The summed E-state index contributed by atoms with van der Waals surface area (Å²) in [7, 11) is 4.02. The van der Waals surface area contributed by atoms with Crippen molar-refractivity contribution < 1.29 is 9.52 Å². The van der Waals surface area contributed by atoms with E-state index in [1.807, 2.05) is 14.1 Å². The highest BCUT2D eigenvalue weighted by Crippen LogP contribution is 2.04. The molecule has 1 rings (SSSR count). The Balaban J connectivity index is 2.39. The number of aromatic nitrogens is 1. The van der Waals surface area contributed by atoms with Crippen molar-refractivity contribution in [1.82, 2.24) is 9.88 Å². The highest BCUT2D eigenvalue weighted by molar-refractivity contribution is 4.94. The Labute approximate surface area is 78.2 Å². The van der Waals surface area contributed by atoms with E-state index in [0.717, 1.165) is 24.6 Å². The molecule has 0 bridgehead atoms. The Bertz CT molecular complexity index is 246. The van der Waals surface area contributed by atoms with Gasteiger partial charge in [-0.3, -0.25) is 0 Å². The molecule has 1 N–H and O–H groups in total. The van der Waals surface area contributed by atoms with Crippen LogP contribution in [0.15, 0.2) is 10.6 Å². The lowest BCUT2D eigenvalue weighted by atomic mass is 10.4. The normalized spacial score (nSPS) is 11.1. The maximum Gasteiger partial charge on any atom is 0.195 e. The van der Waals surface area contributed by atoms with Gasteiger partial charge in [-0.05, 0) is 14.1 Å². The summed E-state index contributed by atoms with van der Waals surface area (Å²) in [4.78, 5) is 6.18. The van der Waals surface area contributed by atoms with Crippen LogP contribution in [0.25, 0.3) is 0 Å². The number of nitrogens with zero attached hydrogens (tertiary/aromatic N) is 2. The molecular formula is C9H16N2O2. The van der Waals surface area contributed by atoms with Gasteiger partial charge in [-0.15, -0.1) is 0 Å². The van der Waals surface area contributed by atoms with Crippen LogP contribution in [0.2, 0.25) is 0 Å². The average Bonchev–Trinajstić information content (AvgIpc) is 2.50. The zero-order chi connectivity index (χ0) is 9.68. The largest absolute Gasteiger partial charge is 0.446 e. The van der Waals surface area contributed by atoms with E-state index >= 15 is 0 Å². The first-order valence-electron chi connectivity index (χ1n) is 4.41. The lowest BCUT2D eigenvalue weighted by molar-refractivity contribution is 0.284. The molecule has 4 heteroatoms. The molecule has 0 unspecified atom stereocenters.